The summed E-state index contributed by atoms with van der Waals surface area (Å²) < 4.78 is 37.2. The molecule has 1 saturated carbocycles. The molecule has 0 aromatic heterocycles. The van der Waals surface area contributed by atoms with E-state index in [2.05, 4.69) is 5.32 Å². The number of nitrogens with one attached hydrogen (secondary N) is 1. The molecule has 1 saturated heterocycles. The zero-order valence-electron chi connectivity index (χ0n) is 16.0. The minimum Gasteiger partial charge on any atom is -0.452 e. The molecule has 9 heteroatoms. The number of rotatable bonds is 6. The molecule has 0 unspecified atom stereocenters. The fraction of sp³-hybridized carbons (Fsp3) is 0.579. The predicted octanol–water partition coefficient (Wildman–Crippen LogP) is 1.23. The lowest BCUT2D eigenvalue weighted by atomic mass is 10.1. The van der Waals surface area contributed by atoms with Gasteiger partial charge in [-0.1, -0.05) is 18.9 Å². The summed E-state index contributed by atoms with van der Waals surface area (Å²) in [7, 11) is -3.72. The van der Waals surface area contributed by atoms with Gasteiger partial charge in [0.2, 0.25) is 10.0 Å². The Labute approximate surface area is 165 Å². The highest BCUT2D eigenvalue weighted by Gasteiger charge is 2.28. The van der Waals surface area contributed by atoms with Crippen LogP contribution in [0.3, 0.4) is 0 Å². The van der Waals surface area contributed by atoms with E-state index in [9.17, 15) is 18.0 Å². The number of morpholine rings is 1. The summed E-state index contributed by atoms with van der Waals surface area (Å²) in [6, 6.07) is 4.51. The summed E-state index contributed by atoms with van der Waals surface area (Å²) >= 11 is 0. The van der Waals surface area contributed by atoms with E-state index in [0.29, 0.717) is 18.8 Å². The number of ether oxygens (including phenoxy) is 2. The smallest absolute Gasteiger partial charge is 0.338 e. The number of nitrogens with zero attached hydrogens (tertiary/aromatic N) is 1. The maximum absolute atomic E-state index is 12.8. The number of carbonyl (C=O) groups is 2. The van der Waals surface area contributed by atoms with Crippen LogP contribution in [0.4, 0.5) is 0 Å². The van der Waals surface area contributed by atoms with Gasteiger partial charge in [0, 0.05) is 19.1 Å². The summed E-state index contributed by atoms with van der Waals surface area (Å²) in [4.78, 5) is 24.4. The molecule has 2 aliphatic rings. The minimum absolute atomic E-state index is 0.0300. The van der Waals surface area contributed by atoms with Crippen molar-refractivity contribution in [1.29, 1.82) is 0 Å². The average molecular weight is 410 g/mol. The van der Waals surface area contributed by atoms with E-state index in [0.717, 1.165) is 25.7 Å². The Balaban J connectivity index is 1.66. The van der Waals surface area contributed by atoms with Crippen LogP contribution in [-0.4, -0.2) is 63.6 Å². The van der Waals surface area contributed by atoms with Gasteiger partial charge in [0.25, 0.3) is 5.91 Å². The highest BCUT2D eigenvalue weighted by atomic mass is 32.2. The summed E-state index contributed by atoms with van der Waals surface area (Å²) in [6.07, 6.45) is 4.07. The predicted molar refractivity (Wildman–Crippen MR) is 101 cm³/mol. The van der Waals surface area contributed by atoms with E-state index < -0.39 is 16.0 Å². The molecule has 1 N–H and O–H groups in total. The first-order chi connectivity index (χ1) is 13.4. The van der Waals surface area contributed by atoms with Crippen LogP contribution in [0.25, 0.3) is 0 Å². The van der Waals surface area contributed by atoms with Crippen LogP contribution in [-0.2, 0) is 24.3 Å². The lowest BCUT2D eigenvalue weighted by Gasteiger charge is -2.26. The quantitative estimate of drug-likeness (QED) is 0.708. The Hall–Kier alpha value is -1.97. The second-order valence-electron chi connectivity index (χ2n) is 7.12. The van der Waals surface area contributed by atoms with E-state index in [4.69, 9.17) is 9.47 Å². The van der Waals surface area contributed by atoms with Crippen molar-refractivity contribution < 1.29 is 27.5 Å². The average Bonchev–Trinajstić information content (AvgIpc) is 3.20. The van der Waals surface area contributed by atoms with Crippen molar-refractivity contribution in [2.75, 3.05) is 32.9 Å². The third-order valence-corrected chi connectivity index (χ3v) is 6.99. The van der Waals surface area contributed by atoms with E-state index in [1.54, 1.807) is 13.0 Å². The van der Waals surface area contributed by atoms with Gasteiger partial charge in [-0.05, 0) is 37.5 Å². The molecule has 1 aromatic carbocycles. The van der Waals surface area contributed by atoms with Gasteiger partial charge in [0.15, 0.2) is 6.61 Å². The molecular formula is C19H26N2O6S. The highest BCUT2D eigenvalue weighted by molar-refractivity contribution is 7.89. The Morgan fingerprint density at radius 3 is 2.57 bits per heavy atom. The lowest BCUT2D eigenvalue weighted by molar-refractivity contribution is -0.124. The van der Waals surface area contributed by atoms with Crippen LogP contribution in [0.1, 0.15) is 41.6 Å². The van der Waals surface area contributed by atoms with E-state index in [1.165, 1.54) is 16.4 Å². The molecule has 0 bridgehead atoms. The van der Waals surface area contributed by atoms with Gasteiger partial charge in [-0.2, -0.15) is 4.31 Å². The van der Waals surface area contributed by atoms with Gasteiger partial charge in [-0.3, -0.25) is 4.79 Å². The number of sulfonamides is 1. The van der Waals surface area contributed by atoms with E-state index >= 15 is 0 Å². The van der Waals surface area contributed by atoms with Crippen molar-refractivity contribution in [3.63, 3.8) is 0 Å². The molecule has 1 aromatic rings. The van der Waals surface area contributed by atoms with Crippen molar-refractivity contribution in [2.45, 2.75) is 43.5 Å². The number of benzene rings is 1. The SMILES string of the molecule is Cc1ccc(S(=O)(=O)N2CCOCC2)cc1C(=O)OCC(=O)NC1CCCC1. The number of carbonyl (C=O) groups excluding carboxylic acids is 2. The first-order valence-corrected chi connectivity index (χ1v) is 11.0. The number of hydrogen-bond donors (Lipinski definition) is 1. The zero-order chi connectivity index (χ0) is 20.1. The van der Waals surface area contributed by atoms with Gasteiger partial charge in [0.1, 0.15) is 0 Å². The number of hydrogen-bond acceptors (Lipinski definition) is 6. The van der Waals surface area contributed by atoms with Crippen LogP contribution in [0.15, 0.2) is 23.1 Å². The maximum atomic E-state index is 12.8. The largest absolute Gasteiger partial charge is 0.452 e. The topological polar surface area (TPSA) is 102 Å². The van der Waals surface area contributed by atoms with Gasteiger partial charge in [-0.25, -0.2) is 13.2 Å². The van der Waals surface area contributed by atoms with Crippen LogP contribution in [0, 0.1) is 6.92 Å². The molecular weight excluding hydrogens is 384 g/mol. The summed E-state index contributed by atoms with van der Waals surface area (Å²) in [5, 5.41) is 2.85. The Bertz CT molecular complexity index is 827. The van der Waals surface area contributed by atoms with Gasteiger partial charge < -0.3 is 14.8 Å². The van der Waals surface area contributed by atoms with Crippen molar-refractivity contribution >= 4 is 21.9 Å². The Kier molecular flexibility index (Phi) is 6.69. The summed E-state index contributed by atoms with van der Waals surface area (Å²) in [6.45, 7) is 2.55. The first kappa shape index (κ1) is 20.8. The van der Waals surface area contributed by atoms with Crippen molar-refractivity contribution in [3.8, 4) is 0 Å². The molecule has 3 rings (SSSR count). The number of esters is 1. The van der Waals surface area contributed by atoms with Crippen LogP contribution in [0.2, 0.25) is 0 Å². The molecule has 0 spiro atoms. The highest BCUT2D eigenvalue weighted by Crippen LogP contribution is 2.21. The molecule has 0 radical (unpaired) electrons. The molecule has 2 fully saturated rings. The fourth-order valence-electron chi connectivity index (χ4n) is 3.47. The molecule has 1 amide bonds. The molecule has 1 heterocycles. The number of aryl methyl sites for hydroxylation is 1. The fourth-order valence-corrected chi connectivity index (χ4v) is 4.90. The van der Waals surface area contributed by atoms with Crippen LogP contribution < -0.4 is 5.32 Å². The third kappa shape index (κ3) is 4.89. The third-order valence-electron chi connectivity index (χ3n) is 5.09. The first-order valence-electron chi connectivity index (χ1n) is 9.53. The minimum atomic E-state index is -3.72. The number of amides is 1. The van der Waals surface area contributed by atoms with Crippen molar-refractivity contribution in [3.05, 3.63) is 29.3 Å². The van der Waals surface area contributed by atoms with E-state index in [1.807, 2.05) is 0 Å². The van der Waals surface area contributed by atoms with Gasteiger partial charge in [-0.15, -0.1) is 0 Å². The summed E-state index contributed by atoms with van der Waals surface area (Å²) in [5.41, 5.74) is 0.727. The lowest BCUT2D eigenvalue weighted by Crippen LogP contribution is -2.40. The van der Waals surface area contributed by atoms with Gasteiger partial charge >= 0.3 is 5.97 Å². The molecule has 8 nitrogen and oxygen atoms in total. The Morgan fingerprint density at radius 2 is 1.89 bits per heavy atom. The second-order valence-corrected chi connectivity index (χ2v) is 9.06. The summed E-state index contributed by atoms with van der Waals surface area (Å²) in [5.74, 6) is -1.05. The van der Waals surface area contributed by atoms with Crippen molar-refractivity contribution in [1.82, 2.24) is 9.62 Å². The monoisotopic (exact) mass is 410 g/mol. The van der Waals surface area contributed by atoms with E-state index in [-0.39, 0.29) is 42.1 Å². The Morgan fingerprint density at radius 1 is 1.21 bits per heavy atom. The standard InChI is InChI=1S/C19H26N2O6S/c1-14-6-7-16(28(24,25)21-8-10-26-11-9-21)12-17(14)19(23)27-13-18(22)20-15-4-2-3-5-15/h6-7,12,15H,2-5,8-11,13H2,1H3,(H,20,22). The van der Waals surface area contributed by atoms with Gasteiger partial charge in [0.05, 0.1) is 23.7 Å². The van der Waals surface area contributed by atoms with Crippen LogP contribution in [0.5, 0.6) is 0 Å². The molecule has 0 atom stereocenters. The zero-order valence-corrected chi connectivity index (χ0v) is 16.8. The second kappa shape index (κ2) is 9.02. The molecule has 28 heavy (non-hydrogen) atoms. The molecule has 154 valence electrons. The van der Waals surface area contributed by atoms with Crippen molar-refractivity contribution in [2.24, 2.45) is 0 Å². The molecule has 1 aliphatic carbocycles. The maximum Gasteiger partial charge on any atom is 0.338 e. The normalized spacial score (nSPS) is 18.8. The van der Waals surface area contributed by atoms with Crippen LogP contribution >= 0.6 is 0 Å². The molecule has 1 aliphatic heterocycles.